The van der Waals surface area contributed by atoms with Gasteiger partial charge in [-0.05, 0) is 68.9 Å². The molecule has 2 aromatic rings. The summed E-state index contributed by atoms with van der Waals surface area (Å²) in [5.74, 6) is 2.13. The van der Waals surface area contributed by atoms with Crippen molar-refractivity contribution in [1.29, 1.82) is 0 Å². The van der Waals surface area contributed by atoms with E-state index in [-0.39, 0.29) is 17.6 Å². The summed E-state index contributed by atoms with van der Waals surface area (Å²) in [6.45, 7) is 1.64. The summed E-state index contributed by atoms with van der Waals surface area (Å²) in [5, 5.41) is 18.3. The lowest BCUT2D eigenvalue weighted by molar-refractivity contribution is 0.127. The van der Waals surface area contributed by atoms with Crippen molar-refractivity contribution in [2.24, 2.45) is 0 Å². The van der Waals surface area contributed by atoms with Gasteiger partial charge >= 0.3 is 0 Å². The largest absolute Gasteiger partial charge is 0.391 e. The van der Waals surface area contributed by atoms with E-state index in [1.54, 1.807) is 6.07 Å². The Morgan fingerprint density at radius 2 is 1.87 bits per heavy atom. The van der Waals surface area contributed by atoms with Crippen LogP contribution < -0.4 is 15.8 Å². The van der Waals surface area contributed by atoms with Gasteiger partial charge in [-0.1, -0.05) is 0 Å². The maximum absolute atomic E-state index is 12.4. The van der Waals surface area contributed by atoms with Crippen LogP contribution in [-0.2, 0) is 0 Å². The Hall–Kier alpha value is -2.48. The molecular weight excluding hydrogens is 380 g/mol. The van der Waals surface area contributed by atoms with Gasteiger partial charge in [0.25, 0.3) is 5.56 Å². The lowest BCUT2D eigenvalue weighted by Crippen LogP contribution is -2.45. The molecule has 0 bridgehead atoms. The minimum Gasteiger partial charge on any atom is -0.391 e. The highest BCUT2D eigenvalue weighted by Gasteiger charge is 2.30. The molecule has 3 unspecified atom stereocenters. The second kappa shape index (κ2) is 8.34. The second-order valence-corrected chi connectivity index (χ2v) is 8.88. The molecule has 1 aliphatic heterocycles. The van der Waals surface area contributed by atoms with Gasteiger partial charge in [0.2, 0.25) is 5.95 Å². The smallest absolute Gasteiger partial charge is 0.267 e. The maximum atomic E-state index is 12.4. The molecule has 0 radical (unpaired) electrons. The van der Waals surface area contributed by atoms with Gasteiger partial charge in [0, 0.05) is 37.6 Å². The molecule has 8 heteroatoms. The van der Waals surface area contributed by atoms with E-state index in [0.717, 1.165) is 51.0 Å². The number of hydrogen-bond donors (Lipinski definition) is 2. The highest BCUT2D eigenvalue weighted by molar-refractivity contribution is 5.40. The van der Waals surface area contributed by atoms with E-state index in [1.165, 1.54) is 29.5 Å². The Kier molecular flexibility index (Phi) is 5.41. The lowest BCUT2D eigenvalue weighted by Gasteiger charge is -2.37. The molecule has 2 saturated carbocycles. The number of aliphatic hydroxyl groups is 1. The Balaban J connectivity index is 1.30. The first-order chi connectivity index (χ1) is 14.7. The average molecular weight is 411 g/mol. The third-order valence-corrected chi connectivity index (χ3v) is 6.71. The molecule has 3 aliphatic rings. The van der Waals surface area contributed by atoms with Crippen LogP contribution in [0.3, 0.4) is 0 Å². The summed E-state index contributed by atoms with van der Waals surface area (Å²) in [5.41, 5.74) is 1.10. The normalized spacial score (nSPS) is 26.7. The van der Waals surface area contributed by atoms with Crippen LogP contribution in [0.2, 0.25) is 0 Å². The molecule has 3 atom stereocenters. The molecule has 3 heterocycles. The van der Waals surface area contributed by atoms with Crippen molar-refractivity contribution in [3.8, 4) is 0 Å². The number of aliphatic hydroxyl groups excluding tert-OH is 1. The van der Waals surface area contributed by atoms with Crippen molar-refractivity contribution in [3.63, 3.8) is 0 Å². The Morgan fingerprint density at radius 3 is 2.60 bits per heavy atom. The molecule has 3 fully saturated rings. The summed E-state index contributed by atoms with van der Waals surface area (Å²) < 4.78 is 1.51. The van der Waals surface area contributed by atoms with Crippen molar-refractivity contribution < 1.29 is 5.11 Å². The van der Waals surface area contributed by atoms with E-state index in [2.05, 4.69) is 25.3 Å². The van der Waals surface area contributed by atoms with Crippen LogP contribution in [0.4, 0.5) is 11.8 Å². The molecule has 1 saturated heterocycles. The minimum absolute atomic E-state index is 0.138. The first kappa shape index (κ1) is 19.5. The third kappa shape index (κ3) is 4.05. The molecule has 5 rings (SSSR count). The molecule has 0 spiro atoms. The number of aromatic nitrogens is 4. The van der Waals surface area contributed by atoms with Crippen LogP contribution >= 0.6 is 0 Å². The van der Waals surface area contributed by atoms with Crippen molar-refractivity contribution in [3.05, 3.63) is 40.4 Å². The number of nitrogens with zero attached hydrogens (tertiary/aromatic N) is 5. The molecule has 0 amide bonds. The van der Waals surface area contributed by atoms with Crippen LogP contribution in [-0.4, -0.2) is 50.1 Å². The molecule has 2 N–H and O–H groups in total. The molecule has 30 heavy (non-hydrogen) atoms. The number of anilines is 2. The van der Waals surface area contributed by atoms with Crippen LogP contribution in [0.1, 0.15) is 68.9 Å². The molecule has 2 aromatic heterocycles. The van der Waals surface area contributed by atoms with Gasteiger partial charge in [0.15, 0.2) is 0 Å². The Morgan fingerprint density at radius 1 is 1.03 bits per heavy atom. The number of rotatable bonds is 6. The standard InChI is InChI=1S/C22H30N6O2/c29-19-6-3-5-18(19)28-21(30)10-9-20(26-28)27-11-2-1-4-17(27)14-25-22-23-12-16(13-24-22)15-7-8-15/h9-10,12-13,15,17-19,29H,1-8,11,14H2,(H,23,24,25). The van der Waals surface area contributed by atoms with E-state index in [0.29, 0.717) is 11.9 Å². The second-order valence-electron chi connectivity index (χ2n) is 8.88. The fourth-order valence-electron chi connectivity index (χ4n) is 4.79. The molecular formula is C22H30N6O2. The van der Waals surface area contributed by atoms with Gasteiger partial charge in [-0.3, -0.25) is 4.79 Å². The first-order valence-corrected chi connectivity index (χ1v) is 11.3. The number of hydrogen-bond acceptors (Lipinski definition) is 7. The number of nitrogens with one attached hydrogen (secondary N) is 1. The quantitative estimate of drug-likeness (QED) is 0.755. The predicted molar refractivity (Wildman–Crippen MR) is 115 cm³/mol. The van der Waals surface area contributed by atoms with Gasteiger partial charge in [0.1, 0.15) is 5.82 Å². The van der Waals surface area contributed by atoms with E-state index in [9.17, 15) is 9.90 Å². The SMILES string of the molecule is O=c1ccc(N2CCCCC2CNc2ncc(C3CC3)cn2)nn1C1CCCC1O. The highest BCUT2D eigenvalue weighted by Crippen LogP contribution is 2.39. The van der Waals surface area contributed by atoms with Gasteiger partial charge in [-0.15, -0.1) is 0 Å². The zero-order chi connectivity index (χ0) is 20.5. The third-order valence-electron chi connectivity index (χ3n) is 6.71. The lowest BCUT2D eigenvalue weighted by atomic mass is 10.0. The maximum Gasteiger partial charge on any atom is 0.267 e. The molecule has 0 aromatic carbocycles. The number of piperidine rings is 1. The predicted octanol–water partition coefficient (Wildman–Crippen LogP) is 2.47. The Bertz CT molecular complexity index is 926. The van der Waals surface area contributed by atoms with Crippen LogP contribution in [0, 0.1) is 0 Å². The summed E-state index contributed by atoms with van der Waals surface area (Å²) in [6, 6.07) is 3.46. The van der Waals surface area contributed by atoms with Crippen molar-refractivity contribution in [2.75, 3.05) is 23.3 Å². The van der Waals surface area contributed by atoms with E-state index >= 15 is 0 Å². The molecule has 8 nitrogen and oxygen atoms in total. The fourth-order valence-corrected chi connectivity index (χ4v) is 4.79. The van der Waals surface area contributed by atoms with Crippen molar-refractivity contribution in [2.45, 2.75) is 75.5 Å². The zero-order valence-electron chi connectivity index (χ0n) is 17.3. The van der Waals surface area contributed by atoms with E-state index < -0.39 is 6.10 Å². The minimum atomic E-state index is -0.486. The van der Waals surface area contributed by atoms with Gasteiger partial charge < -0.3 is 15.3 Å². The molecule has 2 aliphatic carbocycles. The Labute approximate surface area is 176 Å². The summed E-state index contributed by atoms with van der Waals surface area (Å²) in [7, 11) is 0. The van der Waals surface area contributed by atoms with E-state index in [1.807, 2.05) is 18.5 Å². The van der Waals surface area contributed by atoms with Gasteiger partial charge in [-0.25, -0.2) is 14.6 Å². The fraction of sp³-hybridized carbons (Fsp3) is 0.636. The summed E-state index contributed by atoms with van der Waals surface area (Å²) in [6.07, 6.45) is 11.7. The van der Waals surface area contributed by atoms with Crippen molar-refractivity contribution in [1.82, 2.24) is 19.7 Å². The highest BCUT2D eigenvalue weighted by atomic mass is 16.3. The average Bonchev–Trinajstić information content (AvgIpc) is 3.54. The summed E-state index contributed by atoms with van der Waals surface area (Å²) in [4.78, 5) is 23.6. The van der Waals surface area contributed by atoms with Crippen LogP contribution in [0.25, 0.3) is 0 Å². The summed E-state index contributed by atoms with van der Waals surface area (Å²) >= 11 is 0. The molecule has 160 valence electrons. The van der Waals surface area contributed by atoms with E-state index in [4.69, 9.17) is 0 Å². The monoisotopic (exact) mass is 410 g/mol. The van der Waals surface area contributed by atoms with Crippen LogP contribution in [0.5, 0.6) is 0 Å². The van der Waals surface area contributed by atoms with Crippen LogP contribution in [0.15, 0.2) is 29.3 Å². The van der Waals surface area contributed by atoms with Gasteiger partial charge in [-0.2, -0.15) is 5.10 Å². The first-order valence-electron chi connectivity index (χ1n) is 11.3. The topological polar surface area (TPSA) is 96.2 Å². The van der Waals surface area contributed by atoms with Gasteiger partial charge in [0.05, 0.1) is 12.1 Å². The van der Waals surface area contributed by atoms with Crippen molar-refractivity contribution >= 4 is 11.8 Å². The zero-order valence-corrected chi connectivity index (χ0v) is 17.3.